The Kier molecular flexibility index (Phi) is 7.62. The van der Waals surface area contributed by atoms with Crippen molar-refractivity contribution in [1.29, 1.82) is 0 Å². The van der Waals surface area contributed by atoms with Gasteiger partial charge in [0, 0.05) is 13.0 Å². The molecule has 0 heterocycles. The Morgan fingerprint density at radius 2 is 2.00 bits per heavy atom. The number of rotatable bonds is 9. The van der Waals surface area contributed by atoms with Crippen molar-refractivity contribution in [2.45, 2.75) is 12.8 Å². The van der Waals surface area contributed by atoms with Crippen LogP contribution in [-0.4, -0.2) is 44.5 Å². The highest BCUT2D eigenvalue weighted by molar-refractivity contribution is 5.76. The number of amides is 1. The standard InChI is InChI=1S/C14H21NO4/c1-18-13-5-2-12(3-6-13)4-7-14(17)15-8-10-19-11-9-16/h2-3,5-6,16H,4,7-11H2,1H3,(H,15,17). The van der Waals surface area contributed by atoms with Gasteiger partial charge in [0.2, 0.25) is 5.91 Å². The minimum absolute atomic E-state index is 0.00316. The number of aryl methyl sites for hydroxylation is 1. The van der Waals surface area contributed by atoms with E-state index in [2.05, 4.69) is 5.32 Å². The second kappa shape index (κ2) is 9.35. The zero-order valence-corrected chi connectivity index (χ0v) is 11.2. The molecule has 19 heavy (non-hydrogen) atoms. The van der Waals surface area contributed by atoms with Crippen LogP contribution in [0.3, 0.4) is 0 Å². The Morgan fingerprint density at radius 1 is 1.26 bits per heavy atom. The lowest BCUT2D eigenvalue weighted by Crippen LogP contribution is -2.27. The summed E-state index contributed by atoms with van der Waals surface area (Å²) >= 11 is 0. The van der Waals surface area contributed by atoms with Crippen molar-refractivity contribution >= 4 is 5.91 Å². The van der Waals surface area contributed by atoms with Crippen molar-refractivity contribution in [2.24, 2.45) is 0 Å². The summed E-state index contributed by atoms with van der Waals surface area (Å²) < 4.78 is 10.1. The Labute approximate surface area is 113 Å². The normalized spacial score (nSPS) is 10.2. The van der Waals surface area contributed by atoms with Crippen LogP contribution in [0.1, 0.15) is 12.0 Å². The fourth-order valence-corrected chi connectivity index (χ4v) is 1.57. The van der Waals surface area contributed by atoms with Gasteiger partial charge in [-0.25, -0.2) is 0 Å². The van der Waals surface area contributed by atoms with Crippen LogP contribution in [0.5, 0.6) is 5.75 Å². The van der Waals surface area contributed by atoms with Gasteiger partial charge >= 0.3 is 0 Å². The van der Waals surface area contributed by atoms with Crippen LogP contribution in [-0.2, 0) is 16.0 Å². The number of carbonyl (C=O) groups is 1. The summed E-state index contributed by atoms with van der Waals surface area (Å²) in [6.07, 6.45) is 1.15. The highest BCUT2D eigenvalue weighted by atomic mass is 16.5. The largest absolute Gasteiger partial charge is 0.497 e. The number of aliphatic hydroxyl groups excluding tert-OH is 1. The molecule has 1 aromatic rings. The number of hydrogen-bond acceptors (Lipinski definition) is 4. The number of ether oxygens (including phenoxy) is 2. The van der Waals surface area contributed by atoms with E-state index in [0.717, 1.165) is 11.3 Å². The lowest BCUT2D eigenvalue weighted by molar-refractivity contribution is -0.121. The summed E-state index contributed by atoms with van der Waals surface area (Å²) in [6, 6.07) is 7.68. The van der Waals surface area contributed by atoms with E-state index < -0.39 is 0 Å². The molecule has 1 aromatic carbocycles. The fourth-order valence-electron chi connectivity index (χ4n) is 1.57. The van der Waals surface area contributed by atoms with E-state index in [1.807, 2.05) is 24.3 Å². The van der Waals surface area contributed by atoms with E-state index in [0.29, 0.717) is 32.6 Å². The molecule has 0 spiro atoms. The lowest BCUT2D eigenvalue weighted by Gasteiger charge is -2.06. The van der Waals surface area contributed by atoms with E-state index in [1.165, 1.54) is 0 Å². The highest BCUT2D eigenvalue weighted by Crippen LogP contribution is 2.12. The van der Waals surface area contributed by atoms with Gasteiger partial charge < -0.3 is 19.9 Å². The predicted octanol–water partition coefficient (Wildman–Crippen LogP) is 0.753. The van der Waals surface area contributed by atoms with E-state index in [4.69, 9.17) is 14.6 Å². The topological polar surface area (TPSA) is 67.8 Å². The molecule has 5 heteroatoms. The first-order chi connectivity index (χ1) is 9.26. The third-order valence-corrected chi connectivity index (χ3v) is 2.60. The maximum Gasteiger partial charge on any atom is 0.220 e. The fraction of sp³-hybridized carbons (Fsp3) is 0.500. The summed E-state index contributed by atoms with van der Waals surface area (Å²) in [7, 11) is 1.63. The average Bonchev–Trinajstić information content (AvgIpc) is 2.45. The molecule has 0 saturated heterocycles. The molecule has 1 amide bonds. The first-order valence-electron chi connectivity index (χ1n) is 6.34. The molecule has 0 aliphatic heterocycles. The van der Waals surface area contributed by atoms with Crippen LogP contribution < -0.4 is 10.1 Å². The van der Waals surface area contributed by atoms with Gasteiger partial charge in [-0.05, 0) is 24.1 Å². The summed E-state index contributed by atoms with van der Waals surface area (Å²) in [5, 5.41) is 11.3. The molecule has 0 aromatic heterocycles. The minimum Gasteiger partial charge on any atom is -0.497 e. The van der Waals surface area contributed by atoms with Crippen molar-refractivity contribution in [3.8, 4) is 5.75 Å². The SMILES string of the molecule is COc1ccc(CCC(=O)NCCOCCO)cc1. The second-order valence-corrected chi connectivity index (χ2v) is 4.03. The molecule has 0 radical (unpaired) electrons. The van der Waals surface area contributed by atoms with Crippen LogP contribution in [0.15, 0.2) is 24.3 Å². The maximum absolute atomic E-state index is 11.5. The quantitative estimate of drug-likeness (QED) is 0.648. The van der Waals surface area contributed by atoms with Crippen molar-refractivity contribution in [3.05, 3.63) is 29.8 Å². The number of hydrogen-bond donors (Lipinski definition) is 2. The molecule has 0 unspecified atom stereocenters. The van der Waals surface area contributed by atoms with Gasteiger partial charge in [0.25, 0.3) is 0 Å². The van der Waals surface area contributed by atoms with Crippen molar-refractivity contribution in [2.75, 3.05) is 33.5 Å². The second-order valence-electron chi connectivity index (χ2n) is 4.03. The van der Waals surface area contributed by atoms with Gasteiger partial charge in [0.15, 0.2) is 0 Å². The van der Waals surface area contributed by atoms with Gasteiger partial charge in [-0.1, -0.05) is 12.1 Å². The Morgan fingerprint density at radius 3 is 2.63 bits per heavy atom. The highest BCUT2D eigenvalue weighted by Gasteiger charge is 2.02. The molecule has 2 N–H and O–H groups in total. The molecule has 0 aliphatic rings. The molecule has 0 bridgehead atoms. The first kappa shape index (κ1) is 15.5. The van der Waals surface area contributed by atoms with Crippen molar-refractivity contribution in [3.63, 3.8) is 0 Å². The Balaban J connectivity index is 2.15. The van der Waals surface area contributed by atoms with Crippen LogP contribution in [0.2, 0.25) is 0 Å². The molecule has 0 fully saturated rings. The summed E-state index contributed by atoms with van der Waals surface area (Å²) in [6.45, 7) is 1.21. The third-order valence-electron chi connectivity index (χ3n) is 2.60. The average molecular weight is 267 g/mol. The molecular weight excluding hydrogens is 246 g/mol. The minimum atomic E-state index is 0.00316. The molecular formula is C14H21NO4. The number of carbonyl (C=O) groups excluding carboxylic acids is 1. The van der Waals surface area contributed by atoms with Gasteiger partial charge in [0.05, 0.1) is 26.9 Å². The lowest BCUT2D eigenvalue weighted by atomic mass is 10.1. The van der Waals surface area contributed by atoms with E-state index >= 15 is 0 Å². The number of methoxy groups -OCH3 is 1. The zero-order chi connectivity index (χ0) is 13.9. The van der Waals surface area contributed by atoms with Crippen molar-refractivity contribution < 1.29 is 19.4 Å². The van der Waals surface area contributed by atoms with E-state index in [-0.39, 0.29) is 12.5 Å². The number of benzene rings is 1. The summed E-state index contributed by atoms with van der Waals surface area (Å²) in [5.41, 5.74) is 1.10. The zero-order valence-electron chi connectivity index (χ0n) is 11.2. The van der Waals surface area contributed by atoms with Gasteiger partial charge in [0.1, 0.15) is 5.75 Å². The first-order valence-corrected chi connectivity index (χ1v) is 6.34. The Bertz CT molecular complexity index is 364. The smallest absolute Gasteiger partial charge is 0.220 e. The van der Waals surface area contributed by atoms with E-state index in [1.54, 1.807) is 7.11 Å². The molecule has 106 valence electrons. The summed E-state index contributed by atoms with van der Waals surface area (Å²) in [4.78, 5) is 11.5. The number of aliphatic hydroxyl groups is 1. The molecule has 5 nitrogen and oxygen atoms in total. The molecule has 0 atom stereocenters. The van der Waals surface area contributed by atoms with E-state index in [9.17, 15) is 4.79 Å². The Hall–Kier alpha value is -1.59. The predicted molar refractivity (Wildman–Crippen MR) is 72.2 cm³/mol. The number of nitrogens with one attached hydrogen (secondary N) is 1. The van der Waals surface area contributed by atoms with Crippen LogP contribution in [0.4, 0.5) is 0 Å². The molecule has 1 rings (SSSR count). The van der Waals surface area contributed by atoms with Crippen LogP contribution in [0.25, 0.3) is 0 Å². The molecule has 0 aliphatic carbocycles. The summed E-state index contributed by atoms with van der Waals surface area (Å²) in [5.74, 6) is 0.817. The monoisotopic (exact) mass is 267 g/mol. The van der Waals surface area contributed by atoms with Crippen molar-refractivity contribution in [1.82, 2.24) is 5.32 Å². The van der Waals surface area contributed by atoms with Gasteiger partial charge in [-0.3, -0.25) is 4.79 Å². The van der Waals surface area contributed by atoms with Crippen LogP contribution in [0, 0.1) is 0 Å². The third kappa shape index (κ3) is 6.79. The van der Waals surface area contributed by atoms with Crippen LogP contribution >= 0.6 is 0 Å². The molecule has 0 saturated carbocycles. The maximum atomic E-state index is 11.5. The van der Waals surface area contributed by atoms with Gasteiger partial charge in [-0.15, -0.1) is 0 Å². The van der Waals surface area contributed by atoms with Gasteiger partial charge in [-0.2, -0.15) is 0 Å².